The summed E-state index contributed by atoms with van der Waals surface area (Å²) in [5.41, 5.74) is 0.938. The first-order valence-corrected chi connectivity index (χ1v) is 21.1. The van der Waals surface area contributed by atoms with Crippen molar-refractivity contribution >= 4 is 5.97 Å². The number of unbranched alkanes of at least 4 members (excludes halogenated alkanes) is 21. The summed E-state index contributed by atoms with van der Waals surface area (Å²) in [7, 11) is 2.17. The number of hydrogen-bond acceptors (Lipinski definition) is 6. The van der Waals surface area contributed by atoms with Gasteiger partial charge in [0.15, 0.2) is 0 Å². The molecule has 0 saturated carbocycles. The van der Waals surface area contributed by atoms with Gasteiger partial charge in [-0.25, -0.2) is 0 Å². The number of nitrogens with zero attached hydrogens (tertiary/aromatic N) is 2. The third kappa shape index (κ3) is 24.9. The molecule has 0 aliphatic carbocycles. The van der Waals surface area contributed by atoms with Gasteiger partial charge in [0.25, 0.3) is 0 Å². The molecule has 6 nitrogen and oxygen atoms in total. The lowest BCUT2D eigenvalue weighted by Gasteiger charge is -2.32. The Balaban J connectivity index is 1.68. The lowest BCUT2D eigenvalue weighted by Crippen LogP contribution is -2.44. The number of carbonyl (C=O) groups excluding carboxylic acids is 1. The van der Waals surface area contributed by atoms with Crippen molar-refractivity contribution in [2.24, 2.45) is 0 Å². The monoisotopic (exact) mass is 687 g/mol. The number of carbonyl (C=O) groups is 1. The molecule has 0 bridgehead atoms. The SMILES string of the molecule is CCCCCCCCCCCCCCCOc1cc(COC(=O)CCCN2CCN(C)CC2)cc(OCCCCCCCCCCCC)c1. The van der Waals surface area contributed by atoms with Gasteiger partial charge in [-0.3, -0.25) is 4.79 Å². The number of likely N-dealkylation sites (N-methyl/N-ethyl adjacent to an activating group) is 1. The van der Waals surface area contributed by atoms with E-state index in [0.717, 1.165) is 69.0 Å². The zero-order chi connectivity index (χ0) is 35.0. The molecule has 1 aromatic carbocycles. The zero-order valence-corrected chi connectivity index (χ0v) is 32.6. The summed E-state index contributed by atoms with van der Waals surface area (Å²) >= 11 is 0. The Morgan fingerprint density at radius 2 is 0.959 bits per heavy atom. The average molecular weight is 687 g/mol. The molecule has 0 amide bonds. The van der Waals surface area contributed by atoms with Crippen LogP contribution < -0.4 is 9.47 Å². The Labute approximate surface area is 303 Å². The second-order valence-corrected chi connectivity index (χ2v) is 14.8. The van der Waals surface area contributed by atoms with Crippen molar-refractivity contribution in [3.63, 3.8) is 0 Å². The van der Waals surface area contributed by atoms with Crippen molar-refractivity contribution < 1.29 is 19.0 Å². The first-order chi connectivity index (χ1) is 24.1. The standard InChI is InChI=1S/C43H78N2O4/c1-4-6-8-10-12-14-16-17-18-20-22-24-26-35-48-42-37-40(39-49-43(46)28-27-29-45-32-30-44(3)31-33-45)36-41(38-42)47-34-25-23-21-19-15-13-11-9-7-5-2/h36-38H,4-35,39H2,1-3H3. The van der Waals surface area contributed by atoms with Crippen LogP contribution in [-0.4, -0.2) is 68.8 Å². The summed E-state index contributed by atoms with van der Waals surface area (Å²) in [5, 5.41) is 0. The van der Waals surface area contributed by atoms with E-state index in [4.69, 9.17) is 14.2 Å². The van der Waals surface area contributed by atoms with Gasteiger partial charge in [0.1, 0.15) is 18.1 Å². The Kier molecular flexibility index (Phi) is 27.4. The fraction of sp³-hybridized carbons (Fsp3) is 0.837. The van der Waals surface area contributed by atoms with Crippen molar-refractivity contribution in [3.8, 4) is 11.5 Å². The predicted octanol–water partition coefficient (Wildman–Crippen LogP) is 11.5. The molecule has 0 radical (unpaired) electrons. The molecule has 0 spiro atoms. The van der Waals surface area contributed by atoms with Gasteiger partial charge in [0.05, 0.1) is 13.2 Å². The van der Waals surface area contributed by atoms with E-state index in [1.807, 2.05) is 18.2 Å². The van der Waals surface area contributed by atoms with Gasteiger partial charge in [0.2, 0.25) is 0 Å². The number of esters is 1. The van der Waals surface area contributed by atoms with Gasteiger partial charge >= 0.3 is 5.97 Å². The van der Waals surface area contributed by atoms with Gasteiger partial charge in [-0.1, -0.05) is 149 Å². The van der Waals surface area contributed by atoms with E-state index in [0.29, 0.717) is 19.6 Å². The van der Waals surface area contributed by atoms with Crippen molar-refractivity contribution in [1.82, 2.24) is 9.80 Å². The molecular formula is C43H78N2O4. The van der Waals surface area contributed by atoms with Crippen LogP contribution in [0.1, 0.15) is 180 Å². The van der Waals surface area contributed by atoms with Crippen LogP contribution in [0.25, 0.3) is 0 Å². The van der Waals surface area contributed by atoms with Gasteiger partial charge in [0, 0.05) is 38.7 Å². The molecule has 1 saturated heterocycles. The Bertz CT molecular complexity index is 902. The highest BCUT2D eigenvalue weighted by Crippen LogP contribution is 2.25. The van der Waals surface area contributed by atoms with Crippen LogP contribution in [0.4, 0.5) is 0 Å². The molecule has 6 heteroatoms. The number of benzene rings is 1. The Morgan fingerprint density at radius 3 is 1.39 bits per heavy atom. The summed E-state index contributed by atoms with van der Waals surface area (Å²) in [5.74, 6) is 1.51. The zero-order valence-electron chi connectivity index (χ0n) is 32.6. The second-order valence-electron chi connectivity index (χ2n) is 14.8. The van der Waals surface area contributed by atoms with Crippen LogP contribution in [0.2, 0.25) is 0 Å². The highest BCUT2D eigenvalue weighted by Gasteiger charge is 2.14. The van der Waals surface area contributed by atoms with Crippen LogP contribution >= 0.6 is 0 Å². The minimum atomic E-state index is -0.125. The highest BCUT2D eigenvalue weighted by atomic mass is 16.5. The molecule has 1 aromatic rings. The molecule has 0 N–H and O–H groups in total. The van der Waals surface area contributed by atoms with Crippen molar-refractivity contribution in [3.05, 3.63) is 23.8 Å². The number of ether oxygens (including phenoxy) is 3. The molecule has 0 unspecified atom stereocenters. The van der Waals surface area contributed by atoms with E-state index >= 15 is 0 Å². The van der Waals surface area contributed by atoms with E-state index in [-0.39, 0.29) is 12.6 Å². The van der Waals surface area contributed by atoms with Gasteiger partial charge < -0.3 is 24.0 Å². The molecular weight excluding hydrogens is 608 g/mol. The normalized spacial score (nSPS) is 13.9. The quantitative estimate of drug-likeness (QED) is 0.0542. The molecule has 0 aromatic heterocycles. The molecule has 2 rings (SSSR count). The molecule has 284 valence electrons. The fourth-order valence-electron chi connectivity index (χ4n) is 6.72. The topological polar surface area (TPSA) is 51.2 Å². The second kappa shape index (κ2) is 31.0. The van der Waals surface area contributed by atoms with Crippen LogP contribution in [-0.2, 0) is 16.1 Å². The minimum absolute atomic E-state index is 0.125. The fourth-order valence-corrected chi connectivity index (χ4v) is 6.72. The van der Waals surface area contributed by atoms with E-state index in [1.165, 1.54) is 135 Å². The number of piperazine rings is 1. The minimum Gasteiger partial charge on any atom is -0.493 e. The maximum atomic E-state index is 12.6. The predicted molar refractivity (Wildman–Crippen MR) is 208 cm³/mol. The van der Waals surface area contributed by atoms with Gasteiger partial charge in [-0.15, -0.1) is 0 Å². The largest absolute Gasteiger partial charge is 0.493 e. The third-order valence-electron chi connectivity index (χ3n) is 10.1. The van der Waals surface area contributed by atoms with E-state index in [1.54, 1.807) is 0 Å². The maximum absolute atomic E-state index is 12.6. The average Bonchev–Trinajstić information content (AvgIpc) is 3.10. The summed E-state index contributed by atoms with van der Waals surface area (Å²) in [6.07, 6.45) is 31.9. The van der Waals surface area contributed by atoms with E-state index in [9.17, 15) is 4.79 Å². The molecule has 1 fully saturated rings. The van der Waals surface area contributed by atoms with Crippen LogP contribution in [0.5, 0.6) is 11.5 Å². The van der Waals surface area contributed by atoms with Crippen LogP contribution in [0.3, 0.4) is 0 Å². The first-order valence-electron chi connectivity index (χ1n) is 21.1. The van der Waals surface area contributed by atoms with Crippen molar-refractivity contribution in [2.45, 2.75) is 181 Å². The first kappa shape index (κ1) is 43.4. The molecule has 0 atom stereocenters. The van der Waals surface area contributed by atoms with Crippen LogP contribution in [0, 0.1) is 0 Å². The third-order valence-corrected chi connectivity index (χ3v) is 10.1. The van der Waals surface area contributed by atoms with Gasteiger partial charge in [-0.05, 0) is 50.6 Å². The summed E-state index contributed by atoms with van der Waals surface area (Å²) in [4.78, 5) is 17.4. The summed E-state index contributed by atoms with van der Waals surface area (Å²) in [6.45, 7) is 11.6. The van der Waals surface area contributed by atoms with Crippen molar-refractivity contribution in [1.29, 1.82) is 0 Å². The van der Waals surface area contributed by atoms with Crippen LogP contribution in [0.15, 0.2) is 18.2 Å². The Morgan fingerprint density at radius 1 is 0.551 bits per heavy atom. The molecule has 1 aliphatic rings. The van der Waals surface area contributed by atoms with E-state index < -0.39 is 0 Å². The van der Waals surface area contributed by atoms with Gasteiger partial charge in [-0.2, -0.15) is 0 Å². The van der Waals surface area contributed by atoms with E-state index in [2.05, 4.69) is 30.7 Å². The molecule has 49 heavy (non-hydrogen) atoms. The maximum Gasteiger partial charge on any atom is 0.306 e. The highest BCUT2D eigenvalue weighted by molar-refractivity contribution is 5.69. The lowest BCUT2D eigenvalue weighted by atomic mass is 10.0. The Hall–Kier alpha value is -1.79. The molecule has 1 heterocycles. The summed E-state index contributed by atoms with van der Waals surface area (Å²) in [6, 6.07) is 6.05. The van der Waals surface area contributed by atoms with Crippen molar-refractivity contribution in [2.75, 3.05) is 53.0 Å². The molecule has 1 aliphatic heterocycles. The number of rotatable bonds is 33. The number of hydrogen-bond donors (Lipinski definition) is 0. The smallest absolute Gasteiger partial charge is 0.306 e. The summed E-state index contributed by atoms with van der Waals surface area (Å²) < 4.78 is 18.1. The lowest BCUT2D eigenvalue weighted by molar-refractivity contribution is -0.145.